The second-order valence-corrected chi connectivity index (χ2v) is 7.23. The number of carbonyl (C=O) groups is 1. The van der Waals surface area contributed by atoms with Crippen LogP contribution in [0.3, 0.4) is 0 Å². The fourth-order valence-corrected chi connectivity index (χ4v) is 3.54. The number of nitrogens with one attached hydrogen (secondary N) is 1. The fraction of sp³-hybridized carbons (Fsp3) is 0.278. The summed E-state index contributed by atoms with van der Waals surface area (Å²) in [5, 5.41) is 0. The number of sulfonamides is 1. The third-order valence-electron chi connectivity index (χ3n) is 3.74. The number of ether oxygens (including phenoxy) is 1. The molecule has 6 nitrogen and oxygen atoms in total. The molecule has 7 heteroatoms. The van der Waals surface area contributed by atoms with E-state index in [9.17, 15) is 13.2 Å². The van der Waals surface area contributed by atoms with E-state index in [4.69, 9.17) is 9.15 Å². The van der Waals surface area contributed by atoms with Gasteiger partial charge in [0.2, 0.25) is 10.0 Å². The predicted octanol–water partition coefficient (Wildman–Crippen LogP) is 3.12. The molecule has 0 radical (unpaired) electrons. The summed E-state index contributed by atoms with van der Waals surface area (Å²) in [6, 6.07) is 9.11. The highest BCUT2D eigenvalue weighted by Gasteiger charge is 2.26. The molecule has 1 heterocycles. The van der Waals surface area contributed by atoms with E-state index in [2.05, 4.69) is 4.72 Å². The van der Waals surface area contributed by atoms with Gasteiger partial charge in [0.1, 0.15) is 5.76 Å². The minimum absolute atomic E-state index is 0.113. The molecule has 2 aromatic rings. The first-order chi connectivity index (χ1) is 11.9. The van der Waals surface area contributed by atoms with Gasteiger partial charge >= 0.3 is 5.97 Å². The Morgan fingerprint density at radius 1 is 1.28 bits per heavy atom. The topological polar surface area (TPSA) is 85.6 Å². The molecule has 0 aliphatic rings. The monoisotopic (exact) mass is 363 g/mol. The fourth-order valence-electron chi connectivity index (χ4n) is 2.33. The van der Waals surface area contributed by atoms with Crippen molar-refractivity contribution in [1.29, 1.82) is 0 Å². The van der Waals surface area contributed by atoms with Crippen molar-refractivity contribution in [3.05, 3.63) is 65.6 Å². The van der Waals surface area contributed by atoms with Crippen molar-refractivity contribution in [3.8, 4) is 0 Å². The van der Waals surface area contributed by atoms with Gasteiger partial charge < -0.3 is 9.15 Å². The molecular weight excluding hydrogens is 342 g/mol. The third-order valence-corrected chi connectivity index (χ3v) is 5.22. The normalized spacial score (nSPS) is 13.5. The number of hydrogen-bond acceptors (Lipinski definition) is 5. The number of aryl methyl sites for hydroxylation is 1. The van der Waals surface area contributed by atoms with Crippen LogP contribution in [0.15, 0.2) is 63.6 Å². The van der Waals surface area contributed by atoms with Crippen LogP contribution in [0.25, 0.3) is 0 Å². The second-order valence-electron chi connectivity index (χ2n) is 5.51. The van der Waals surface area contributed by atoms with E-state index in [1.165, 1.54) is 25.5 Å². The summed E-state index contributed by atoms with van der Waals surface area (Å²) in [6.07, 6.45) is 3.17. The van der Waals surface area contributed by atoms with Crippen molar-refractivity contribution in [2.24, 2.45) is 0 Å². The van der Waals surface area contributed by atoms with Crippen LogP contribution in [-0.2, 0) is 19.6 Å². The van der Waals surface area contributed by atoms with Crippen molar-refractivity contribution in [3.63, 3.8) is 0 Å². The molecule has 1 aromatic heterocycles. The Bertz CT molecular complexity index is 836. The first-order valence-electron chi connectivity index (χ1n) is 7.73. The van der Waals surface area contributed by atoms with Gasteiger partial charge in [0.25, 0.3) is 0 Å². The van der Waals surface area contributed by atoms with Crippen molar-refractivity contribution in [1.82, 2.24) is 4.72 Å². The lowest BCUT2D eigenvalue weighted by Gasteiger charge is -2.18. The molecule has 0 saturated carbocycles. The lowest BCUT2D eigenvalue weighted by atomic mass is 10.0. The van der Waals surface area contributed by atoms with E-state index in [0.29, 0.717) is 11.3 Å². The van der Waals surface area contributed by atoms with Gasteiger partial charge in [0.05, 0.1) is 24.3 Å². The van der Waals surface area contributed by atoms with Crippen LogP contribution in [0.5, 0.6) is 0 Å². The van der Waals surface area contributed by atoms with Crippen LogP contribution in [0, 0.1) is 6.92 Å². The Balaban J connectivity index is 2.31. The molecule has 0 bridgehead atoms. The molecule has 0 saturated heterocycles. The van der Waals surface area contributed by atoms with Crippen LogP contribution in [0.2, 0.25) is 0 Å². The summed E-state index contributed by atoms with van der Waals surface area (Å²) in [5.41, 5.74) is 1.32. The molecular formula is C18H21NO5S. The minimum atomic E-state index is -3.78. The molecule has 1 atom stereocenters. The molecule has 1 aromatic carbocycles. The zero-order valence-corrected chi connectivity index (χ0v) is 15.2. The van der Waals surface area contributed by atoms with Gasteiger partial charge in [-0.1, -0.05) is 23.8 Å². The third kappa shape index (κ3) is 4.80. The first kappa shape index (κ1) is 19.0. The molecule has 134 valence electrons. The van der Waals surface area contributed by atoms with Crippen molar-refractivity contribution >= 4 is 16.0 Å². The molecule has 1 unspecified atom stereocenters. The summed E-state index contributed by atoms with van der Waals surface area (Å²) in [5.74, 6) is -0.0903. The van der Waals surface area contributed by atoms with Gasteiger partial charge in [-0.25, -0.2) is 17.9 Å². The summed E-state index contributed by atoms with van der Waals surface area (Å²) >= 11 is 0. The van der Waals surface area contributed by atoms with Gasteiger partial charge in [0.15, 0.2) is 0 Å². The van der Waals surface area contributed by atoms with Crippen molar-refractivity contribution in [2.45, 2.75) is 31.2 Å². The van der Waals surface area contributed by atoms with Gasteiger partial charge in [-0.15, -0.1) is 0 Å². The van der Waals surface area contributed by atoms with Crippen molar-refractivity contribution < 1.29 is 22.4 Å². The first-order valence-corrected chi connectivity index (χ1v) is 9.21. The molecule has 0 aliphatic heterocycles. The minimum Gasteiger partial charge on any atom is -0.468 e. The number of benzene rings is 1. The van der Waals surface area contributed by atoms with Crippen LogP contribution in [0.1, 0.15) is 30.7 Å². The number of hydrogen-bond donors (Lipinski definition) is 1. The molecule has 0 spiro atoms. The van der Waals surface area contributed by atoms with Crippen LogP contribution in [0.4, 0.5) is 0 Å². The maximum Gasteiger partial charge on any atom is 0.333 e. The van der Waals surface area contributed by atoms with E-state index in [1.807, 2.05) is 6.92 Å². The number of carbonyl (C=O) groups excluding carboxylic acids is 1. The lowest BCUT2D eigenvalue weighted by molar-refractivity contribution is -0.136. The highest BCUT2D eigenvalue weighted by Crippen LogP contribution is 2.25. The molecule has 25 heavy (non-hydrogen) atoms. The number of esters is 1. The number of allylic oxidation sites excluding steroid dienone is 1. The predicted molar refractivity (Wildman–Crippen MR) is 93.3 cm³/mol. The van der Waals surface area contributed by atoms with Crippen LogP contribution in [-0.4, -0.2) is 21.5 Å². The van der Waals surface area contributed by atoms with Crippen LogP contribution < -0.4 is 4.72 Å². The highest BCUT2D eigenvalue weighted by molar-refractivity contribution is 7.89. The van der Waals surface area contributed by atoms with Gasteiger partial charge in [0, 0.05) is 12.0 Å². The Labute approximate surface area is 147 Å². The molecule has 0 aliphatic carbocycles. The van der Waals surface area contributed by atoms with E-state index >= 15 is 0 Å². The number of furan rings is 1. The Morgan fingerprint density at radius 2 is 1.96 bits per heavy atom. The maximum absolute atomic E-state index is 12.7. The SMILES string of the molecule is CC=C(CC(NS(=O)(=O)c1ccc(C)cc1)c1ccco1)C(=O)OC. The van der Waals surface area contributed by atoms with Gasteiger partial charge in [-0.3, -0.25) is 0 Å². The lowest BCUT2D eigenvalue weighted by Crippen LogP contribution is -2.29. The summed E-state index contributed by atoms with van der Waals surface area (Å²) in [6.45, 7) is 3.57. The average molecular weight is 363 g/mol. The average Bonchev–Trinajstić information content (AvgIpc) is 3.12. The standard InChI is InChI=1S/C18H21NO5S/c1-4-14(18(20)23-3)12-16(17-6-5-11-24-17)19-25(21,22)15-9-7-13(2)8-10-15/h4-11,16,19H,12H2,1-3H3. The Kier molecular flexibility index (Phi) is 6.17. The largest absolute Gasteiger partial charge is 0.468 e. The molecule has 2 rings (SSSR count). The Morgan fingerprint density at radius 3 is 2.48 bits per heavy atom. The van der Waals surface area contributed by atoms with E-state index < -0.39 is 22.0 Å². The second kappa shape index (κ2) is 8.13. The maximum atomic E-state index is 12.7. The number of methoxy groups -OCH3 is 1. The quantitative estimate of drug-likeness (QED) is 0.603. The van der Waals surface area contributed by atoms with E-state index in [0.717, 1.165) is 5.56 Å². The summed E-state index contributed by atoms with van der Waals surface area (Å²) in [7, 11) is -2.50. The molecule has 0 fully saturated rings. The summed E-state index contributed by atoms with van der Waals surface area (Å²) in [4.78, 5) is 12.0. The van der Waals surface area contributed by atoms with Gasteiger partial charge in [-0.2, -0.15) is 0 Å². The van der Waals surface area contributed by atoms with E-state index in [1.54, 1.807) is 37.3 Å². The Hall–Kier alpha value is -2.38. The molecule has 0 amide bonds. The smallest absolute Gasteiger partial charge is 0.333 e. The zero-order valence-electron chi connectivity index (χ0n) is 14.4. The molecule has 1 N–H and O–H groups in total. The zero-order chi connectivity index (χ0) is 18.4. The van der Waals surface area contributed by atoms with Crippen LogP contribution >= 0.6 is 0 Å². The van der Waals surface area contributed by atoms with Gasteiger partial charge in [-0.05, 0) is 38.1 Å². The number of rotatable bonds is 7. The summed E-state index contributed by atoms with van der Waals surface area (Å²) < 4.78 is 38.0. The van der Waals surface area contributed by atoms with Crippen molar-refractivity contribution in [2.75, 3.05) is 7.11 Å². The highest BCUT2D eigenvalue weighted by atomic mass is 32.2. The van der Waals surface area contributed by atoms with E-state index in [-0.39, 0.29) is 11.3 Å².